The van der Waals surface area contributed by atoms with Crippen LogP contribution in [-0.4, -0.2) is 35.8 Å². The molecule has 138 valence electrons. The number of benzene rings is 1. The molecule has 1 aromatic carbocycles. The lowest BCUT2D eigenvalue weighted by atomic mass is 9.86. The number of hydrogen-bond donors (Lipinski definition) is 1. The molecule has 1 fully saturated rings. The van der Waals surface area contributed by atoms with E-state index in [4.69, 9.17) is 0 Å². The standard InChI is InChI=1S/C21H26N2O2S/c1-21(2,3)16-8-6-15(7-9-16)20(25)23-12-10-17(11-13-23)22-19(24)18-5-4-14-26-18/h4-9,14,17H,10-13H2,1-3H3,(H,22,24). The molecule has 0 radical (unpaired) electrons. The molecule has 0 spiro atoms. The van der Waals surface area contributed by atoms with Crippen molar-refractivity contribution in [2.45, 2.75) is 45.1 Å². The Morgan fingerprint density at radius 3 is 2.27 bits per heavy atom. The van der Waals surface area contributed by atoms with Crippen LogP contribution in [0.1, 0.15) is 59.2 Å². The maximum absolute atomic E-state index is 12.7. The molecule has 1 aliphatic rings. The summed E-state index contributed by atoms with van der Waals surface area (Å²) in [4.78, 5) is 27.5. The van der Waals surface area contributed by atoms with Gasteiger partial charge in [0, 0.05) is 24.7 Å². The van der Waals surface area contributed by atoms with Crippen LogP contribution in [0.3, 0.4) is 0 Å². The third kappa shape index (κ3) is 4.33. The normalized spacial score (nSPS) is 15.7. The molecule has 4 nitrogen and oxygen atoms in total. The Labute approximate surface area is 159 Å². The average Bonchev–Trinajstić information content (AvgIpc) is 3.16. The lowest BCUT2D eigenvalue weighted by Crippen LogP contribution is -2.46. The molecule has 1 aliphatic heterocycles. The smallest absolute Gasteiger partial charge is 0.261 e. The molecule has 2 aromatic rings. The van der Waals surface area contributed by atoms with Crippen molar-refractivity contribution in [3.05, 3.63) is 57.8 Å². The molecule has 0 bridgehead atoms. The lowest BCUT2D eigenvalue weighted by molar-refractivity contribution is 0.0698. The van der Waals surface area contributed by atoms with Crippen molar-refractivity contribution < 1.29 is 9.59 Å². The second kappa shape index (κ2) is 7.62. The first-order chi connectivity index (χ1) is 12.3. The van der Waals surface area contributed by atoms with Crippen molar-refractivity contribution in [2.24, 2.45) is 0 Å². The third-order valence-electron chi connectivity index (χ3n) is 4.86. The zero-order chi connectivity index (χ0) is 18.7. The summed E-state index contributed by atoms with van der Waals surface area (Å²) >= 11 is 1.45. The minimum Gasteiger partial charge on any atom is -0.348 e. The van der Waals surface area contributed by atoms with Gasteiger partial charge in [0.05, 0.1) is 4.88 Å². The predicted molar refractivity (Wildman–Crippen MR) is 106 cm³/mol. The van der Waals surface area contributed by atoms with Crippen LogP contribution in [0.25, 0.3) is 0 Å². The number of likely N-dealkylation sites (tertiary alicyclic amines) is 1. The van der Waals surface area contributed by atoms with E-state index in [0.717, 1.165) is 23.3 Å². The van der Waals surface area contributed by atoms with Gasteiger partial charge in [-0.25, -0.2) is 0 Å². The van der Waals surface area contributed by atoms with Gasteiger partial charge in [0.2, 0.25) is 0 Å². The van der Waals surface area contributed by atoms with Gasteiger partial charge in [0.25, 0.3) is 11.8 Å². The van der Waals surface area contributed by atoms with Crippen LogP contribution >= 0.6 is 11.3 Å². The highest BCUT2D eigenvalue weighted by Crippen LogP contribution is 2.23. The second-order valence-corrected chi connectivity index (χ2v) is 8.79. The Morgan fingerprint density at radius 1 is 1.08 bits per heavy atom. The SMILES string of the molecule is CC(C)(C)c1ccc(C(=O)N2CCC(NC(=O)c3cccs3)CC2)cc1. The molecule has 1 aromatic heterocycles. The number of nitrogens with one attached hydrogen (secondary N) is 1. The Morgan fingerprint density at radius 2 is 1.73 bits per heavy atom. The Balaban J connectivity index is 1.54. The fourth-order valence-corrected chi connectivity index (χ4v) is 3.81. The molecule has 5 heteroatoms. The summed E-state index contributed by atoms with van der Waals surface area (Å²) in [7, 11) is 0. The van der Waals surface area contributed by atoms with E-state index >= 15 is 0 Å². The fraction of sp³-hybridized carbons (Fsp3) is 0.429. The molecule has 1 saturated heterocycles. The van der Waals surface area contributed by atoms with Crippen LogP contribution < -0.4 is 5.32 Å². The maximum atomic E-state index is 12.7. The van der Waals surface area contributed by atoms with Gasteiger partial charge in [-0.2, -0.15) is 0 Å². The number of piperidine rings is 1. The first kappa shape index (κ1) is 18.6. The van der Waals surface area contributed by atoms with Crippen LogP contribution in [0.15, 0.2) is 41.8 Å². The van der Waals surface area contributed by atoms with Crippen LogP contribution in [-0.2, 0) is 5.41 Å². The average molecular weight is 371 g/mol. The summed E-state index contributed by atoms with van der Waals surface area (Å²) in [6.07, 6.45) is 1.59. The van der Waals surface area contributed by atoms with Crippen LogP contribution in [0.4, 0.5) is 0 Å². The minimum absolute atomic E-state index is 0.0115. The summed E-state index contributed by atoms with van der Waals surface area (Å²) in [5, 5.41) is 4.98. The summed E-state index contributed by atoms with van der Waals surface area (Å²) in [5.41, 5.74) is 2.05. The van der Waals surface area contributed by atoms with Crippen molar-refractivity contribution in [2.75, 3.05) is 13.1 Å². The molecule has 3 rings (SSSR count). The van der Waals surface area contributed by atoms with Crippen LogP contribution in [0.2, 0.25) is 0 Å². The van der Waals surface area contributed by atoms with Crippen molar-refractivity contribution >= 4 is 23.2 Å². The fourth-order valence-electron chi connectivity index (χ4n) is 3.19. The van der Waals surface area contributed by atoms with Gasteiger partial charge in [-0.15, -0.1) is 11.3 Å². The molecule has 0 atom stereocenters. The summed E-state index contributed by atoms with van der Waals surface area (Å²) < 4.78 is 0. The van der Waals surface area contributed by atoms with E-state index in [0.29, 0.717) is 13.1 Å². The molecular weight excluding hydrogens is 344 g/mol. The number of amides is 2. The monoisotopic (exact) mass is 370 g/mol. The van der Waals surface area contributed by atoms with Crippen molar-refractivity contribution in [3.63, 3.8) is 0 Å². The van der Waals surface area contributed by atoms with Gasteiger partial charge in [-0.05, 0) is 47.4 Å². The Bertz CT molecular complexity index is 752. The number of carbonyl (C=O) groups is 2. The highest BCUT2D eigenvalue weighted by Gasteiger charge is 2.25. The molecular formula is C21H26N2O2S. The zero-order valence-corrected chi connectivity index (χ0v) is 16.4. The van der Waals surface area contributed by atoms with Gasteiger partial charge >= 0.3 is 0 Å². The quantitative estimate of drug-likeness (QED) is 0.885. The summed E-state index contributed by atoms with van der Waals surface area (Å²) in [6, 6.07) is 11.8. The molecule has 1 N–H and O–H groups in total. The predicted octanol–water partition coefficient (Wildman–Crippen LogP) is 4.08. The minimum atomic E-state index is -0.0115. The van der Waals surface area contributed by atoms with E-state index in [9.17, 15) is 9.59 Å². The molecule has 26 heavy (non-hydrogen) atoms. The van der Waals surface area contributed by atoms with Crippen molar-refractivity contribution in [3.8, 4) is 0 Å². The van der Waals surface area contributed by atoms with Gasteiger partial charge in [-0.3, -0.25) is 9.59 Å². The Kier molecular flexibility index (Phi) is 5.47. The first-order valence-electron chi connectivity index (χ1n) is 9.09. The van der Waals surface area contributed by atoms with Gasteiger partial charge in [0.15, 0.2) is 0 Å². The van der Waals surface area contributed by atoms with E-state index in [2.05, 4.69) is 26.1 Å². The van der Waals surface area contributed by atoms with E-state index < -0.39 is 0 Å². The van der Waals surface area contributed by atoms with Gasteiger partial charge in [0.1, 0.15) is 0 Å². The van der Waals surface area contributed by atoms with E-state index in [1.54, 1.807) is 0 Å². The molecule has 2 heterocycles. The zero-order valence-electron chi connectivity index (χ0n) is 15.6. The Hall–Kier alpha value is -2.14. The third-order valence-corrected chi connectivity index (χ3v) is 5.73. The number of thiophene rings is 1. The highest BCUT2D eigenvalue weighted by molar-refractivity contribution is 7.12. The van der Waals surface area contributed by atoms with E-state index in [1.165, 1.54) is 16.9 Å². The summed E-state index contributed by atoms with van der Waals surface area (Å²) in [6.45, 7) is 7.85. The maximum Gasteiger partial charge on any atom is 0.261 e. The molecule has 0 aliphatic carbocycles. The van der Waals surface area contributed by atoms with E-state index in [-0.39, 0.29) is 23.3 Å². The van der Waals surface area contributed by atoms with E-state index in [1.807, 2.05) is 46.7 Å². The van der Waals surface area contributed by atoms with Gasteiger partial charge < -0.3 is 10.2 Å². The van der Waals surface area contributed by atoms with Crippen LogP contribution in [0, 0.1) is 0 Å². The van der Waals surface area contributed by atoms with Crippen LogP contribution in [0.5, 0.6) is 0 Å². The number of rotatable bonds is 3. The second-order valence-electron chi connectivity index (χ2n) is 7.84. The molecule has 0 saturated carbocycles. The van der Waals surface area contributed by atoms with Gasteiger partial charge in [-0.1, -0.05) is 39.0 Å². The topological polar surface area (TPSA) is 49.4 Å². The number of nitrogens with zero attached hydrogens (tertiary/aromatic N) is 1. The highest BCUT2D eigenvalue weighted by atomic mass is 32.1. The number of carbonyl (C=O) groups excluding carboxylic acids is 2. The van der Waals surface area contributed by atoms with Crippen molar-refractivity contribution in [1.29, 1.82) is 0 Å². The lowest BCUT2D eigenvalue weighted by Gasteiger charge is -2.32. The largest absolute Gasteiger partial charge is 0.348 e. The first-order valence-corrected chi connectivity index (χ1v) is 9.97. The van der Waals surface area contributed by atoms with Crippen molar-refractivity contribution in [1.82, 2.24) is 10.2 Å². The molecule has 0 unspecified atom stereocenters. The number of hydrogen-bond acceptors (Lipinski definition) is 3. The molecule has 2 amide bonds. The summed E-state index contributed by atoms with van der Waals surface area (Å²) in [5.74, 6) is 0.0658.